The maximum absolute atomic E-state index is 14.4. The fourth-order valence-corrected chi connectivity index (χ4v) is 6.98. The van der Waals surface area contributed by atoms with Gasteiger partial charge in [-0.3, -0.25) is 9.36 Å². The highest BCUT2D eigenvalue weighted by Gasteiger charge is 2.45. The Balaban J connectivity index is 1.64. The molecule has 0 aliphatic carbocycles. The summed E-state index contributed by atoms with van der Waals surface area (Å²) < 4.78 is 61.6. The van der Waals surface area contributed by atoms with Gasteiger partial charge in [0.15, 0.2) is 22.0 Å². The molecule has 0 bridgehead atoms. The standard InChI is InChI=1S/C32H23BrCl3F3N2O5S/c1-3-44-23-12-16(11-21(33)27(23)46-15-18-7-10-20(35)14-22(18)36)13-24-29(42)41-26(17-5-8-19(34)9-6-17)25(30(43)45-4-2)28(32(37,38)39)40-31(41)47-24/h5-14,26H,3-4,15H2,1-2H3/b24-13-/t26-/m1/s1. The molecule has 1 aliphatic rings. The number of hydrogen-bond donors (Lipinski definition) is 0. The third-order valence-electron chi connectivity index (χ3n) is 6.80. The highest BCUT2D eigenvalue weighted by molar-refractivity contribution is 9.10. The minimum Gasteiger partial charge on any atom is -0.490 e. The van der Waals surface area contributed by atoms with Crippen LogP contribution < -0.4 is 24.4 Å². The predicted molar refractivity (Wildman–Crippen MR) is 178 cm³/mol. The van der Waals surface area contributed by atoms with Crippen molar-refractivity contribution in [2.75, 3.05) is 13.2 Å². The number of ether oxygens (including phenoxy) is 3. The van der Waals surface area contributed by atoms with Crippen molar-refractivity contribution >= 4 is 74.1 Å². The zero-order valence-corrected chi connectivity index (χ0v) is 29.1. The highest BCUT2D eigenvalue weighted by Crippen LogP contribution is 2.40. The van der Waals surface area contributed by atoms with Crippen LogP contribution in [0, 0.1) is 0 Å². The molecule has 15 heteroatoms. The van der Waals surface area contributed by atoms with Crippen molar-refractivity contribution in [3.8, 4) is 11.5 Å². The number of allylic oxidation sites excluding steroid dienone is 1. The Bertz CT molecular complexity index is 2060. The van der Waals surface area contributed by atoms with Gasteiger partial charge in [-0.15, -0.1) is 0 Å². The maximum Gasteiger partial charge on any atom is 0.434 e. The van der Waals surface area contributed by atoms with E-state index in [2.05, 4.69) is 20.9 Å². The Morgan fingerprint density at radius 1 is 1.02 bits per heavy atom. The molecule has 0 radical (unpaired) electrons. The zero-order chi connectivity index (χ0) is 34.0. The van der Waals surface area contributed by atoms with Gasteiger partial charge in [-0.05, 0) is 83.4 Å². The lowest BCUT2D eigenvalue weighted by Gasteiger charge is -2.26. The maximum atomic E-state index is 14.4. The number of esters is 1. The van der Waals surface area contributed by atoms with Crippen LogP contribution in [0.3, 0.4) is 0 Å². The second kappa shape index (κ2) is 14.4. The van der Waals surface area contributed by atoms with Crippen molar-refractivity contribution in [3.05, 3.63) is 122 Å². The zero-order valence-electron chi connectivity index (χ0n) is 24.5. The molecule has 4 aromatic rings. The van der Waals surface area contributed by atoms with Gasteiger partial charge >= 0.3 is 12.1 Å². The summed E-state index contributed by atoms with van der Waals surface area (Å²) in [7, 11) is 0. The average molecular weight is 791 g/mol. The fourth-order valence-electron chi connectivity index (χ4n) is 4.82. The number of carbonyl (C=O) groups is 1. The second-order valence-corrected chi connectivity index (χ2v) is 13.0. The smallest absolute Gasteiger partial charge is 0.434 e. The summed E-state index contributed by atoms with van der Waals surface area (Å²) in [4.78, 5) is 30.5. The Morgan fingerprint density at radius 3 is 2.36 bits per heavy atom. The molecule has 0 unspecified atom stereocenters. The first-order valence-corrected chi connectivity index (χ1v) is 16.7. The quantitative estimate of drug-likeness (QED) is 0.161. The highest BCUT2D eigenvalue weighted by atomic mass is 79.9. The van der Waals surface area contributed by atoms with Gasteiger partial charge in [0, 0.05) is 20.6 Å². The molecule has 1 atom stereocenters. The molecule has 0 saturated carbocycles. The van der Waals surface area contributed by atoms with Crippen LogP contribution >= 0.6 is 62.1 Å². The summed E-state index contributed by atoms with van der Waals surface area (Å²) in [6.45, 7) is 3.45. The molecule has 2 heterocycles. The number of rotatable bonds is 9. The van der Waals surface area contributed by atoms with E-state index in [-0.39, 0.29) is 34.7 Å². The lowest BCUT2D eigenvalue weighted by Crippen LogP contribution is -2.41. The molecule has 1 aliphatic heterocycles. The van der Waals surface area contributed by atoms with Gasteiger partial charge in [0.1, 0.15) is 6.61 Å². The molecule has 246 valence electrons. The van der Waals surface area contributed by atoms with Crippen molar-refractivity contribution in [2.45, 2.75) is 32.7 Å². The minimum atomic E-state index is -5.02. The Kier molecular flexibility index (Phi) is 10.8. The van der Waals surface area contributed by atoms with E-state index in [9.17, 15) is 22.8 Å². The van der Waals surface area contributed by atoms with E-state index >= 15 is 0 Å². The van der Waals surface area contributed by atoms with Crippen molar-refractivity contribution in [2.24, 2.45) is 4.99 Å². The molecule has 0 spiro atoms. The molecule has 47 heavy (non-hydrogen) atoms. The van der Waals surface area contributed by atoms with Crippen LogP contribution in [0.5, 0.6) is 11.5 Å². The first-order chi connectivity index (χ1) is 22.3. The van der Waals surface area contributed by atoms with E-state index in [4.69, 9.17) is 49.0 Å². The van der Waals surface area contributed by atoms with Crippen LogP contribution in [-0.2, 0) is 16.1 Å². The Hall–Kier alpha value is -3.29. The van der Waals surface area contributed by atoms with E-state index in [1.165, 1.54) is 37.3 Å². The van der Waals surface area contributed by atoms with E-state index in [1.807, 2.05) is 0 Å². The number of benzene rings is 3. The first-order valence-electron chi connectivity index (χ1n) is 13.9. The number of nitrogens with zero attached hydrogens (tertiary/aromatic N) is 2. The van der Waals surface area contributed by atoms with E-state index in [0.29, 0.717) is 42.2 Å². The lowest BCUT2D eigenvalue weighted by atomic mass is 9.95. The number of thiazole rings is 1. The van der Waals surface area contributed by atoms with Crippen molar-refractivity contribution in [3.63, 3.8) is 0 Å². The Morgan fingerprint density at radius 2 is 1.72 bits per heavy atom. The lowest BCUT2D eigenvalue weighted by molar-refractivity contribution is -0.140. The SMILES string of the molecule is CCOC(=O)C1=C(C(F)(F)F)N=c2s/c(=C\c3cc(Br)c(OCc4ccc(Cl)cc4Cl)c(OCC)c3)c(=O)n2[C@@H]1c1ccc(Cl)cc1. The average Bonchev–Trinajstić information content (AvgIpc) is 3.31. The summed E-state index contributed by atoms with van der Waals surface area (Å²) in [5.74, 6) is -0.527. The summed E-state index contributed by atoms with van der Waals surface area (Å²) >= 11 is 22.6. The van der Waals surface area contributed by atoms with Crippen LogP contribution in [0.4, 0.5) is 13.2 Å². The predicted octanol–water partition coefficient (Wildman–Crippen LogP) is 8.04. The van der Waals surface area contributed by atoms with Crippen molar-refractivity contribution < 1.29 is 32.2 Å². The van der Waals surface area contributed by atoms with Gasteiger partial charge in [0.25, 0.3) is 5.56 Å². The number of carbonyl (C=O) groups excluding carboxylic acids is 1. The molecule has 1 aromatic heterocycles. The van der Waals surface area contributed by atoms with Crippen LogP contribution in [0.1, 0.15) is 36.6 Å². The summed E-state index contributed by atoms with van der Waals surface area (Å²) in [5, 5.41) is 1.23. The van der Waals surface area contributed by atoms with Crippen LogP contribution in [-0.4, -0.2) is 29.9 Å². The first kappa shape index (κ1) is 35.0. The van der Waals surface area contributed by atoms with E-state index < -0.39 is 35.0 Å². The number of alkyl halides is 3. The second-order valence-electron chi connectivity index (χ2n) is 9.90. The minimum absolute atomic E-state index is 0.0605. The van der Waals surface area contributed by atoms with Crippen molar-refractivity contribution in [1.29, 1.82) is 0 Å². The fraction of sp³-hybridized carbons (Fsp3) is 0.219. The van der Waals surface area contributed by atoms with Crippen LogP contribution in [0.25, 0.3) is 6.08 Å². The normalized spacial score (nSPS) is 14.9. The molecule has 0 saturated heterocycles. The number of aromatic nitrogens is 1. The van der Waals surface area contributed by atoms with Gasteiger partial charge < -0.3 is 14.2 Å². The number of halogens is 7. The molecular formula is C32H23BrCl3F3N2O5S. The summed E-state index contributed by atoms with van der Waals surface area (Å²) in [5.41, 5.74) is -1.52. The molecule has 0 fully saturated rings. The summed E-state index contributed by atoms with van der Waals surface area (Å²) in [6, 6.07) is 12.7. The monoisotopic (exact) mass is 788 g/mol. The van der Waals surface area contributed by atoms with Crippen molar-refractivity contribution in [1.82, 2.24) is 4.57 Å². The molecule has 3 aromatic carbocycles. The van der Waals surface area contributed by atoms with Gasteiger partial charge in [-0.1, -0.05) is 64.3 Å². The van der Waals surface area contributed by atoms with E-state index in [1.54, 1.807) is 37.3 Å². The van der Waals surface area contributed by atoms with Gasteiger partial charge in [-0.2, -0.15) is 13.2 Å². The van der Waals surface area contributed by atoms with E-state index in [0.717, 1.165) is 15.9 Å². The Labute approximate surface area is 293 Å². The largest absolute Gasteiger partial charge is 0.490 e. The van der Waals surface area contributed by atoms with Crippen LogP contribution in [0.2, 0.25) is 15.1 Å². The third-order valence-corrected chi connectivity index (χ3v) is 9.21. The van der Waals surface area contributed by atoms with Crippen LogP contribution in [0.15, 0.2) is 80.1 Å². The third kappa shape index (κ3) is 7.57. The molecule has 0 N–H and O–H groups in total. The molecule has 5 rings (SSSR count). The number of fused-ring (bicyclic) bond motifs is 1. The summed E-state index contributed by atoms with van der Waals surface area (Å²) in [6.07, 6.45) is -3.53. The van der Waals surface area contributed by atoms with Gasteiger partial charge in [0.05, 0.1) is 33.8 Å². The topological polar surface area (TPSA) is 79.1 Å². The van der Waals surface area contributed by atoms with Gasteiger partial charge in [0.2, 0.25) is 0 Å². The van der Waals surface area contributed by atoms with Gasteiger partial charge in [-0.25, -0.2) is 9.79 Å². The molecule has 0 amide bonds. The molecule has 7 nitrogen and oxygen atoms in total. The molecular weight excluding hydrogens is 768 g/mol. The number of hydrogen-bond acceptors (Lipinski definition) is 7.